The van der Waals surface area contributed by atoms with Crippen LogP contribution in [0.3, 0.4) is 0 Å². The standard InChI is InChI=1S/C47H28N2/c48-27-30-24-35(29-49-28-30)32-18-20-33(21-19-32)41-26-45-46(39-15-5-4-12-36(39)41)40-23-22-34(31-10-2-1-3-11-31)25-44(40)47(45)42-16-8-6-13-37(42)38-14-7-9-17-43(38)47/h1-26,28-29H. The Morgan fingerprint density at radius 1 is 0.408 bits per heavy atom. The van der Waals surface area contributed by atoms with Gasteiger partial charge in [-0.15, -0.1) is 0 Å². The normalized spacial score (nSPS) is 13.0. The Balaban J connectivity index is 1.28. The van der Waals surface area contributed by atoms with Crippen LogP contribution >= 0.6 is 0 Å². The number of rotatable bonds is 3. The summed E-state index contributed by atoms with van der Waals surface area (Å²) in [5.41, 5.74) is 17.4. The number of hydrogen-bond acceptors (Lipinski definition) is 2. The van der Waals surface area contributed by atoms with E-state index >= 15 is 0 Å². The molecule has 1 aromatic heterocycles. The minimum Gasteiger partial charge on any atom is -0.263 e. The van der Waals surface area contributed by atoms with Gasteiger partial charge in [-0.1, -0.05) is 140 Å². The van der Waals surface area contributed by atoms with Crippen LogP contribution in [0.1, 0.15) is 27.8 Å². The Morgan fingerprint density at radius 3 is 1.76 bits per heavy atom. The number of nitriles is 1. The Labute approximate surface area is 285 Å². The fourth-order valence-electron chi connectivity index (χ4n) is 8.54. The third kappa shape index (κ3) is 3.85. The molecule has 0 unspecified atom stereocenters. The van der Waals surface area contributed by atoms with Gasteiger partial charge in [0.15, 0.2) is 0 Å². The van der Waals surface area contributed by atoms with E-state index in [-0.39, 0.29) is 0 Å². The summed E-state index contributed by atoms with van der Waals surface area (Å²) < 4.78 is 0. The molecule has 0 bridgehead atoms. The Hall–Kier alpha value is -6.56. The zero-order valence-corrected chi connectivity index (χ0v) is 26.6. The summed E-state index contributed by atoms with van der Waals surface area (Å²) >= 11 is 0. The second-order valence-electron chi connectivity index (χ2n) is 13.0. The van der Waals surface area contributed by atoms with Crippen LogP contribution in [0.25, 0.3) is 66.4 Å². The van der Waals surface area contributed by atoms with Crippen molar-refractivity contribution < 1.29 is 0 Å². The van der Waals surface area contributed by atoms with Crippen LogP contribution < -0.4 is 0 Å². The first-order valence-electron chi connectivity index (χ1n) is 16.7. The monoisotopic (exact) mass is 620 g/mol. The van der Waals surface area contributed by atoms with E-state index in [1.807, 2.05) is 12.3 Å². The Kier molecular flexibility index (Phi) is 5.89. The Bertz CT molecular complexity index is 2620. The van der Waals surface area contributed by atoms with Gasteiger partial charge in [0, 0.05) is 18.0 Å². The second-order valence-corrected chi connectivity index (χ2v) is 13.0. The van der Waals surface area contributed by atoms with Crippen molar-refractivity contribution in [2.24, 2.45) is 0 Å². The summed E-state index contributed by atoms with van der Waals surface area (Å²) in [6.45, 7) is 0. The lowest BCUT2D eigenvalue weighted by molar-refractivity contribution is 0.795. The topological polar surface area (TPSA) is 36.7 Å². The molecule has 226 valence electrons. The smallest absolute Gasteiger partial charge is 0.101 e. The van der Waals surface area contributed by atoms with E-state index in [4.69, 9.17) is 0 Å². The maximum Gasteiger partial charge on any atom is 0.101 e. The molecule has 10 rings (SSSR count). The van der Waals surface area contributed by atoms with Crippen LogP contribution in [0, 0.1) is 11.3 Å². The molecule has 2 heteroatoms. The molecular weight excluding hydrogens is 593 g/mol. The van der Waals surface area contributed by atoms with E-state index < -0.39 is 5.41 Å². The number of fused-ring (bicyclic) bond motifs is 12. The fourth-order valence-corrected chi connectivity index (χ4v) is 8.54. The molecule has 0 saturated heterocycles. The van der Waals surface area contributed by atoms with E-state index in [0.717, 1.165) is 16.7 Å². The first-order valence-corrected chi connectivity index (χ1v) is 16.7. The average Bonchev–Trinajstić information content (AvgIpc) is 3.65. The Morgan fingerprint density at radius 2 is 1.02 bits per heavy atom. The first kappa shape index (κ1) is 27.5. The van der Waals surface area contributed by atoms with E-state index in [1.54, 1.807) is 6.20 Å². The lowest BCUT2D eigenvalue weighted by Crippen LogP contribution is -2.26. The molecule has 0 aliphatic heterocycles. The van der Waals surface area contributed by atoms with Crippen molar-refractivity contribution in [2.45, 2.75) is 5.41 Å². The summed E-state index contributed by atoms with van der Waals surface area (Å²) in [7, 11) is 0. The first-order chi connectivity index (χ1) is 24.3. The van der Waals surface area contributed by atoms with Crippen LogP contribution in [0.5, 0.6) is 0 Å². The quantitative estimate of drug-likeness (QED) is 0.197. The van der Waals surface area contributed by atoms with E-state index in [1.165, 1.54) is 72.0 Å². The van der Waals surface area contributed by atoms with Crippen LogP contribution in [-0.4, -0.2) is 4.98 Å². The zero-order chi connectivity index (χ0) is 32.5. The molecule has 0 saturated carbocycles. The minimum absolute atomic E-state index is 0.467. The lowest BCUT2D eigenvalue weighted by atomic mass is 9.69. The molecule has 0 N–H and O–H groups in total. The van der Waals surface area contributed by atoms with Crippen molar-refractivity contribution in [1.82, 2.24) is 4.98 Å². The van der Waals surface area contributed by atoms with Crippen LogP contribution in [0.15, 0.2) is 170 Å². The van der Waals surface area contributed by atoms with Gasteiger partial charge in [0.1, 0.15) is 6.07 Å². The molecular formula is C47H28N2. The largest absolute Gasteiger partial charge is 0.263 e. The molecule has 0 atom stereocenters. The summed E-state index contributed by atoms with van der Waals surface area (Å²) in [4.78, 5) is 4.29. The SMILES string of the molecule is N#Cc1cncc(-c2ccc(-c3cc4c(c5ccccc35)-c3ccc(-c5ccccc5)cc3C43c4ccccc4-c4ccccc43)cc2)c1. The zero-order valence-electron chi connectivity index (χ0n) is 26.6. The number of hydrogen-bond donors (Lipinski definition) is 0. The van der Waals surface area contributed by atoms with Crippen molar-refractivity contribution in [3.8, 4) is 61.7 Å². The van der Waals surface area contributed by atoms with Gasteiger partial charge in [-0.3, -0.25) is 4.98 Å². The molecule has 8 aromatic rings. The summed E-state index contributed by atoms with van der Waals surface area (Å²) in [5, 5.41) is 11.9. The van der Waals surface area contributed by atoms with Crippen molar-refractivity contribution in [3.05, 3.63) is 198 Å². The molecule has 0 radical (unpaired) electrons. The number of aromatic nitrogens is 1. The molecule has 49 heavy (non-hydrogen) atoms. The maximum absolute atomic E-state index is 9.44. The van der Waals surface area contributed by atoms with Gasteiger partial charge in [-0.05, 0) is 101 Å². The molecule has 2 aliphatic rings. The molecule has 1 spiro atoms. The van der Waals surface area contributed by atoms with E-state index in [2.05, 4.69) is 163 Å². The highest BCUT2D eigenvalue weighted by atomic mass is 14.6. The molecule has 1 heterocycles. The second kappa shape index (κ2) is 10.5. The van der Waals surface area contributed by atoms with E-state index in [9.17, 15) is 5.26 Å². The van der Waals surface area contributed by atoms with Gasteiger partial charge >= 0.3 is 0 Å². The number of pyridine rings is 1. The molecule has 0 amide bonds. The van der Waals surface area contributed by atoms with Crippen molar-refractivity contribution >= 4 is 10.8 Å². The van der Waals surface area contributed by atoms with E-state index in [0.29, 0.717) is 5.56 Å². The summed E-state index contributed by atoms with van der Waals surface area (Å²) in [6.07, 6.45) is 3.42. The van der Waals surface area contributed by atoms with Crippen molar-refractivity contribution in [3.63, 3.8) is 0 Å². The molecule has 2 aliphatic carbocycles. The number of nitrogens with zero attached hydrogens (tertiary/aromatic N) is 2. The summed E-state index contributed by atoms with van der Waals surface area (Å²) in [5.74, 6) is 0. The minimum atomic E-state index is -0.467. The highest BCUT2D eigenvalue weighted by Gasteiger charge is 2.52. The van der Waals surface area contributed by atoms with Gasteiger partial charge in [0.2, 0.25) is 0 Å². The summed E-state index contributed by atoms with van der Waals surface area (Å²) in [6, 6.07) is 60.0. The van der Waals surface area contributed by atoms with Crippen molar-refractivity contribution in [2.75, 3.05) is 0 Å². The van der Waals surface area contributed by atoms with Crippen LogP contribution in [0.2, 0.25) is 0 Å². The third-order valence-electron chi connectivity index (χ3n) is 10.6. The van der Waals surface area contributed by atoms with Gasteiger partial charge in [0.05, 0.1) is 11.0 Å². The van der Waals surface area contributed by atoms with Gasteiger partial charge in [0.25, 0.3) is 0 Å². The average molecular weight is 621 g/mol. The van der Waals surface area contributed by atoms with Crippen LogP contribution in [0.4, 0.5) is 0 Å². The maximum atomic E-state index is 9.44. The highest BCUT2D eigenvalue weighted by molar-refractivity contribution is 6.11. The highest BCUT2D eigenvalue weighted by Crippen LogP contribution is 2.64. The lowest BCUT2D eigenvalue weighted by Gasteiger charge is -2.31. The van der Waals surface area contributed by atoms with Crippen LogP contribution in [-0.2, 0) is 5.41 Å². The number of benzene rings is 7. The predicted molar refractivity (Wildman–Crippen MR) is 199 cm³/mol. The van der Waals surface area contributed by atoms with Gasteiger partial charge in [-0.25, -0.2) is 0 Å². The van der Waals surface area contributed by atoms with Gasteiger partial charge in [-0.2, -0.15) is 5.26 Å². The molecule has 7 aromatic carbocycles. The molecule has 2 nitrogen and oxygen atoms in total. The molecule has 0 fully saturated rings. The van der Waals surface area contributed by atoms with Gasteiger partial charge < -0.3 is 0 Å². The fraction of sp³-hybridized carbons (Fsp3) is 0.0213. The third-order valence-corrected chi connectivity index (χ3v) is 10.6. The van der Waals surface area contributed by atoms with Crippen molar-refractivity contribution in [1.29, 1.82) is 5.26 Å². The predicted octanol–water partition coefficient (Wildman–Crippen LogP) is 11.5.